The molecule has 0 fully saturated rings. The Hall–Kier alpha value is -2.15. The van der Waals surface area contributed by atoms with Gasteiger partial charge in [0, 0.05) is 12.7 Å². The molecular formula is C14H15F3N4. The quantitative estimate of drug-likeness (QED) is 0.910. The lowest BCUT2D eigenvalue weighted by Crippen LogP contribution is -2.40. The maximum atomic E-state index is 12.7. The average molecular weight is 296 g/mol. The minimum atomic E-state index is -4.51. The Morgan fingerprint density at radius 1 is 1.14 bits per heavy atom. The van der Waals surface area contributed by atoms with Crippen molar-refractivity contribution in [1.29, 1.82) is 0 Å². The lowest BCUT2D eigenvalue weighted by atomic mass is 9.92. The first-order valence-corrected chi connectivity index (χ1v) is 6.29. The zero-order valence-corrected chi connectivity index (χ0v) is 11.4. The van der Waals surface area contributed by atoms with E-state index in [4.69, 9.17) is 5.73 Å². The van der Waals surface area contributed by atoms with Gasteiger partial charge in [0.1, 0.15) is 5.69 Å². The van der Waals surface area contributed by atoms with Crippen molar-refractivity contribution >= 4 is 5.95 Å². The predicted molar refractivity (Wildman–Crippen MR) is 73.5 cm³/mol. The third-order valence-electron chi connectivity index (χ3n) is 3.15. The lowest BCUT2D eigenvalue weighted by Gasteiger charge is -2.30. The zero-order chi connectivity index (χ0) is 15.5. The van der Waals surface area contributed by atoms with Gasteiger partial charge in [0.15, 0.2) is 0 Å². The normalized spacial score (nSPS) is 14.5. The van der Waals surface area contributed by atoms with Crippen molar-refractivity contribution in [2.75, 3.05) is 11.9 Å². The molecule has 1 aromatic carbocycles. The number of anilines is 1. The molecule has 0 aliphatic heterocycles. The number of nitrogens with zero attached hydrogens (tertiary/aromatic N) is 2. The van der Waals surface area contributed by atoms with E-state index >= 15 is 0 Å². The Kier molecular flexibility index (Phi) is 4.13. The highest BCUT2D eigenvalue weighted by atomic mass is 19.4. The number of nitrogens with two attached hydrogens (primary N) is 1. The van der Waals surface area contributed by atoms with Gasteiger partial charge in [-0.25, -0.2) is 9.97 Å². The summed E-state index contributed by atoms with van der Waals surface area (Å²) < 4.78 is 38.0. The molecule has 0 aliphatic carbocycles. The number of halogens is 3. The molecule has 112 valence electrons. The number of alkyl halides is 3. The Morgan fingerprint density at radius 2 is 1.81 bits per heavy atom. The van der Waals surface area contributed by atoms with Crippen LogP contribution in [0.1, 0.15) is 18.2 Å². The van der Waals surface area contributed by atoms with E-state index in [0.29, 0.717) is 0 Å². The second kappa shape index (κ2) is 5.69. The number of benzene rings is 1. The van der Waals surface area contributed by atoms with Gasteiger partial charge in [-0.15, -0.1) is 0 Å². The second-order valence-electron chi connectivity index (χ2n) is 4.79. The highest BCUT2D eigenvalue weighted by Gasteiger charge is 2.33. The highest BCUT2D eigenvalue weighted by molar-refractivity contribution is 5.37. The van der Waals surface area contributed by atoms with Crippen molar-refractivity contribution in [3.8, 4) is 0 Å². The largest absolute Gasteiger partial charge is 0.433 e. The topological polar surface area (TPSA) is 63.8 Å². The minimum absolute atomic E-state index is 0.110. The third kappa shape index (κ3) is 3.49. The van der Waals surface area contributed by atoms with Gasteiger partial charge in [-0.3, -0.25) is 0 Å². The SMILES string of the molecule is CC(CN)(Nc1nccc(C(F)(F)F)n1)c1ccccc1. The Morgan fingerprint density at radius 3 is 2.38 bits per heavy atom. The van der Waals surface area contributed by atoms with Crippen LogP contribution in [0.25, 0.3) is 0 Å². The molecule has 0 spiro atoms. The van der Waals surface area contributed by atoms with Crippen molar-refractivity contribution < 1.29 is 13.2 Å². The fourth-order valence-electron chi connectivity index (χ4n) is 1.87. The van der Waals surface area contributed by atoms with Gasteiger partial charge in [-0.2, -0.15) is 13.2 Å². The van der Waals surface area contributed by atoms with Gasteiger partial charge in [-0.05, 0) is 18.6 Å². The molecule has 0 saturated carbocycles. The van der Waals surface area contributed by atoms with E-state index in [0.717, 1.165) is 17.8 Å². The maximum Gasteiger partial charge on any atom is 0.433 e. The molecule has 1 atom stereocenters. The number of hydrogen-bond acceptors (Lipinski definition) is 4. The summed E-state index contributed by atoms with van der Waals surface area (Å²) in [6.45, 7) is 1.96. The van der Waals surface area contributed by atoms with Gasteiger partial charge in [-0.1, -0.05) is 30.3 Å². The van der Waals surface area contributed by atoms with Crippen LogP contribution < -0.4 is 11.1 Å². The first kappa shape index (κ1) is 15.2. The number of nitrogens with one attached hydrogen (secondary N) is 1. The van der Waals surface area contributed by atoms with E-state index < -0.39 is 17.4 Å². The molecule has 1 aromatic heterocycles. The maximum absolute atomic E-state index is 12.7. The van der Waals surface area contributed by atoms with Crippen molar-refractivity contribution in [2.45, 2.75) is 18.6 Å². The van der Waals surface area contributed by atoms with Gasteiger partial charge in [0.25, 0.3) is 0 Å². The minimum Gasteiger partial charge on any atom is -0.344 e. The highest BCUT2D eigenvalue weighted by Crippen LogP contribution is 2.29. The summed E-state index contributed by atoms with van der Waals surface area (Å²) in [6.07, 6.45) is -3.44. The average Bonchev–Trinajstić information content (AvgIpc) is 2.47. The van der Waals surface area contributed by atoms with Crippen LogP contribution >= 0.6 is 0 Å². The number of rotatable bonds is 4. The molecule has 0 radical (unpaired) electrons. The number of aromatic nitrogens is 2. The van der Waals surface area contributed by atoms with Crippen LogP contribution in [0.2, 0.25) is 0 Å². The molecule has 2 rings (SSSR count). The van der Waals surface area contributed by atoms with Crippen LogP contribution in [0.5, 0.6) is 0 Å². The molecule has 7 heteroatoms. The zero-order valence-electron chi connectivity index (χ0n) is 11.4. The van der Waals surface area contributed by atoms with Crippen LogP contribution in [0, 0.1) is 0 Å². The Balaban J connectivity index is 2.31. The molecule has 0 aliphatic rings. The Bertz CT molecular complexity index is 601. The molecule has 2 aromatic rings. The van der Waals surface area contributed by atoms with Gasteiger partial charge in [0.05, 0.1) is 5.54 Å². The smallest absolute Gasteiger partial charge is 0.344 e. The molecule has 0 saturated heterocycles. The third-order valence-corrected chi connectivity index (χ3v) is 3.15. The standard InChI is InChI=1S/C14H15F3N4/c1-13(9-18,10-5-3-2-4-6-10)21-12-19-8-7-11(20-12)14(15,16)17/h2-8H,9,18H2,1H3,(H,19,20,21). The first-order valence-electron chi connectivity index (χ1n) is 6.29. The monoisotopic (exact) mass is 296 g/mol. The molecule has 21 heavy (non-hydrogen) atoms. The van der Waals surface area contributed by atoms with Crippen molar-refractivity contribution in [2.24, 2.45) is 5.73 Å². The summed E-state index contributed by atoms with van der Waals surface area (Å²) in [5, 5.41) is 2.89. The van der Waals surface area contributed by atoms with Crippen molar-refractivity contribution in [3.05, 3.63) is 53.9 Å². The molecule has 4 nitrogen and oxygen atoms in total. The fourth-order valence-corrected chi connectivity index (χ4v) is 1.87. The summed E-state index contributed by atoms with van der Waals surface area (Å²) >= 11 is 0. The van der Waals surface area contributed by atoms with E-state index in [2.05, 4.69) is 15.3 Å². The van der Waals surface area contributed by atoms with Crippen LogP contribution in [-0.4, -0.2) is 16.5 Å². The molecule has 0 amide bonds. The van der Waals surface area contributed by atoms with Crippen molar-refractivity contribution in [1.82, 2.24) is 9.97 Å². The van der Waals surface area contributed by atoms with E-state index in [1.165, 1.54) is 0 Å². The summed E-state index contributed by atoms with van der Waals surface area (Å²) in [7, 11) is 0. The molecular weight excluding hydrogens is 281 g/mol. The van der Waals surface area contributed by atoms with Gasteiger partial charge >= 0.3 is 6.18 Å². The van der Waals surface area contributed by atoms with Crippen LogP contribution in [0.15, 0.2) is 42.6 Å². The first-order chi connectivity index (χ1) is 9.85. The summed E-state index contributed by atoms with van der Waals surface area (Å²) in [5.74, 6) is -0.110. The lowest BCUT2D eigenvalue weighted by molar-refractivity contribution is -0.141. The van der Waals surface area contributed by atoms with Gasteiger partial charge < -0.3 is 11.1 Å². The summed E-state index contributed by atoms with van der Waals surface area (Å²) in [6, 6.07) is 10.0. The molecule has 3 N–H and O–H groups in total. The van der Waals surface area contributed by atoms with Crippen LogP contribution in [0.4, 0.5) is 19.1 Å². The summed E-state index contributed by atoms with van der Waals surface area (Å²) in [4.78, 5) is 7.33. The predicted octanol–water partition coefficient (Wildman–Crippen LogP) is 2.78. The van der Waals surface area contributed by atoms with Crippen LogP contribution in [0.3, 0.4) is 0 Å². The van der Waals surface area contributed by atoms with E-state index in [1.807, 2.05) is 30.3 Å². The second-order valence-corrected chi connectivity index (χ2v) is 4.79. The molecule has 1 unspecified atom stereocenters. The van der Waals surface area contributed by atoms with Crippen LogP contribution in [-0.2, 0) is 11.7 Å². The van der Waals surface area contributed by atoms with Crippen molar-refractivity contribution in [3.63, 3.8) is 0 Å². The van der Waals surface area contributed by atoms with E-state index in [9.17, 15) is 13.2 Å². The molecule has 0 bridgehead atoms. The Labute approximate surface area is 120 Å². The number of hydrogen-bond donors (Lipinski definition) is 2. The summed E-state index contributed by atoms with van der Waals surface area (Å²) in [5.41, 5.74) is 4.86. The van der Waals surface area contributed by atoms with E-state index in [1.54, 1.807) is 6.92 Å². The fraction of sp³-hybridized carbons (Fsp3) is 0.286. The molecule has 1 heterocycles. The van der Waals surface area contributed by atoms with Gasteiger partial charge in [0.2, 0.25) is 5.95 Å². The van der Waals surface area contributed by atoms with E-state index in [-0.39, 0.29) is 12.5 Å².